The first-order chi connectivity index (χ1) is 13.1. The third kappa shape index (κ3) is 4.95. The molecule has 0 saturated carbocycles. The first-order valence-corrected chi connectivity index (χ1v) is 10.9. The van der Waals surface area contributed by atoms with E-state index in [1.54, 1.807) is 0 Å². The fraction of sp³-hybridized carbons (Fsp3) is 0.130. The fourth-order valence-corrected chi connectivity index (χ4v) is 7.53. The largest absolute Gasteiger partial charge is 1.00 e. The molecule has 0 bridgehead atoms. The lowest BCUT2D eigenvalue weighted by atomic mass is 10.2. The van der Waals surface area contributed by atoms with E-state index in [0.717, 1.165) is 15.9 Å². The number of carbonyl (C=O) groups excluding carboxylic acids is 1. The van der Waals surface area contributed by atoms with Crippen LogP contribution in [0.1, 0.15) is 12.8 Å². The number of hydrogen-bond donors (Lipinski definition) is 1. The molecule has 0 spiro atoms. The van der Waals surface area contributed by atoms with Crippen molar-refractivity contribution in [1.82, 2.24) is 0 Å². The maximum absolute atomic E-state index is 12.8. The Bertz CT molecular complexity index is 802. The third-order valence-corrected chi connectivity index (χ3v) is 8.99. The van der Waals surface area contributed by atoms with Gasteiger partial charge in [0.15, 0.2) is 5.78 Å². The molecule has 144 valence electrons. The molecule has 0 aliphatic heterocycles. The van der Waals surface area contributed by atoms with Gasteiger partial charge < -0.3 is 22.1 Å². The molecule has 0 amide bonds. The van der Waals surface area contributed by atoms with E-state index in [4.69, 9.17) is 5.11 Å². The van der Waals surface area contributed by atoms with Crippen molar-refractivity contribution >= 4 is 34.9 Å². The van der Waals surface area contributed by atoms with Crippen molar-refractivity contribution in [3.05, 3.63) is 91.0 Å². The minimum absolute atomic E-state index is 0. The van der Waals surface area contributed by atoms with E-state index in [0.29, 0.717) is 6.16 Å². The summed E-state index contributed by atoms with van der Waals surface area (Å²) in [6.07, 6.45) is 0.263. The predicted molar refractivity (Wildman–Crippen MR) is 112 cm³/mol. The molecule has 0 heterocycles. The van der Waals surface area contributed by atoms with Gasteiger partial charge in [-0.25, -0.2) is 0 Å². The van der Waals surface area contributed by atoms with Crippen molar-refractivity contribution in [2.75, 3.05) is 6.16 Å². The van der Waals surface area contributed by atoms with Crippen LogP contribution in [-0.4, -0.2) is 23.0 Å². The average Bonchev–Trinajstić information content (AvgIpc) is 2.72. The highest BCUT2D eigenvalue weighted by Crippen LogP contribution is 2.55. The summed E-state index contributed by atoms with van der Waals surface area (Å²) in [6.45, 7) is 0. The van der Waals surface area contributed by atoms with Crippen LogP contribution in [0.2, 0.25) is 0 Å². The van der Waals surface area contributed by atoms with E-state index in [2.05, 4.69) is 36.4 Å². The van der Waals surface area contributed by atoms with Crippen molar-refractivity contribution < 1.29 is 31.7 Å². The molecule has 0 aliphatic carbocycles. The van der Waals surface area contributed by atoms with Crippen molar-refractivity contribution in [1.29, 1.82) is 0 Å². The van der Waals surface area contributed by atoms with E-state index in [9.17, 15) is 9.59 Å². The van der Waals surface area contributed by atoms with Gasteiger partial charge in [0.05, 0.1) is 6.42 Å². The Hall–Kier alpha value is -2.29. The summed E-state index contributed by atoms with van der Waals surface area (Å²) in [5, 5.41) is 12.4. The Morgan fingerprint density at radius 1 is 0.643 bits per heavy atom. The zero-order valence-corrected chi connectivity index (χ0v) is 17.9. The summed E-state index contributed by atoms with van der Waals surface area (Å²) in [5.41, 5.74) is 0. The van der Waals surface area contributed by atoms with E-state index < -0.39 is 13.2 Å². The van der Waals surface area contributed by atoms with Gasteiger partial charge >= 0.3 is 5.97 Å². The van der Waals surface area contributed by atoms with Crippen LogP contribution in [0.4, 0.5) is 0 Å². The molecule has 3 nitrogen and oxygen atoms in total. The standard InChI is InChI=1S/C23H21O3P.BrH/c24-19(16-17-23(25)26)18-27(20-10-4-1-5-11-20,21-12-6-2-7-13-21)22-14-8-3-9-15-22;/h1-15H,16-18H2;1H. The summed E-state index contributed by atoms with van der Waals surface area (Å²) >= 11 is 0. The Labute approximate surface area is 176 Å². The summed E-state index contributed by atoms with van der Waals surface area (Å²) < 4.78 is 0. The number of rotatable bonds is 8. The molecule has 3 aromatic rings. The topological polar surface area (TPSA) is 54.4 Å². The number of carboxylic acid groups (broad SMARTS) is 1. The number of ketones is 1. The molecule has 3 rings (SSSR count). The highest BCUT2D eigenvalue weighted by atomic mass is 79.9. The van der Waals surface area contributed by atoms with Crippen LogP contribution in [-0.2, 0) is 9.59 Å². The summed E-state index contributed by atoms with van der Waals surface area (Å²) in [7, 11) is -2.21. The summed E-state index contributed by atoms with van der Waals surface area (Å²) in [5.74, 6) is -0.950. The minimum Gasteiger partial charge on any atom is -1.00 e. The molecular formula is C23H22BrO3P. The predicted octanol–water partition coefficient (Wildman–Crippen LogP) is 0.418. The smallest absolute Gasteiger partial charge is 0.303 e. The summed E-state index contributed by atoms with van der Waals surface area (Å²) in [4.78, 5) is 23.8. The zero-order valence-electron chi connectivity index (χ0n) is 15.4. The van der Waals surface area contributed by atoms with Gasteiger partial charge in [-0.15, -0.1) is 0 Å². The average molecular weight is 457 g/mol. The van der Waals surface area contributed by atoms with Gasteiger partial charge in [-0.1, -0.05) is 54.6 Å². The van der Waals surface area contributed by atoms with E-state index in [1.165, 1.54) is 0 Å². The van der Waals surface area contributed by atoms with Crippen LogP contribution in [0.15, 0.2) is 91.0 Å². The van der Waals surface area contributed by atoms with Crippen LogP contribution in [0, 0.1) is 0 Å². The van der Waals surface area contributed by atoms with Gasteiger partial charge in [-0.05, 0) is 36.4 Å². The fourth-order valence-electron chi connectivity index (χ4n) is 3.36. The second-order valence-electron chi connectivity index (χ2n) is 6.41. The minimum atomic E-state index is -2.21. The number of carboxylic acids is 1. The molecule has 0 aromatic heterocycles. The van der Waals surface area contributed by atoms with Gasteiger partial charge in [-0.3, -0.25) is 9.59 Å². The number of aliphatic carboxylic acids is 1. The van der Waals surface area contributed by atoms with Gasteiger partial charge in [0, 0.05) is 6.42 Å². The Morgan fingerprint density at radius 2 is 1.00 bits per heavy atom. The molecule has 3 aromatic carbocycles. The van der Waals surface area contributed by atoms with Crippen LogP contribution >= 0.6 is 7.26 Å². The number of Topliss-reactive ketones (excluding diaryl/α,β-unsaturated/α-hetero) is 1. The lowest BCUT2D eigenvalue weighted by Crippen LogP contribution is -3.00. The third-order valence-electron chi connectivity index (χ3n) is 4.62. The van der Waals surface area contributed by atoms with Crippen LogP contribution < -0.4 is 32.9 Å². The first-order valence-electron chi connectivity index (χ1n) is 8.91. The van der Waals surface area contributed by atoms with Crippen molar-refractivity contribution in [2.45, 2.75) is 12.8 Å². The Morgan fingerprint density at radius 3 is 1.32 bits per heavy atom. The quantitative estimate of drug-likeness (QED) is 0.499. The summed E-state index contributed by atoms with van der Waals surface area (Å²) in [6, 6.07) is 30.4. The van der Waals surface area contributed by atoms with Crippen LogP contribution in [0.25, 0.3) is 0 Å². The first kappa shape index (κ1) is 22.0. The van der Waals surface area contributed by atoms with E-state index >= 15 is 0 Å². The van der Waals surface area contributed by atoms with Gasteiger partial charge in [0.2, 0.25) is 0 Å². The van der Waals surface area contributed by atoms with E-state index in [-0.39, 0.29) is 35.6 Å². The zero-order chi connectivity index (χ0) is 19.1. The Kier molecular flexibility index (Phi) is 8.10. The van der Waals surface area contributed by atoms with Gasteiger partial charge in [-0.2, -0.15) is 0 Å². The molecule has 0 saturated heterocycles. The number of halogens is 1. The molecule has 1 N–H and O–H groups in total. The lowest BCUT2D eigenvalue weighted by Gasteiger charge is -2.27. The SMILES string of the molecule is O=C(O)CCC(=O)C[P+](c1ccccc1)(c1ccccc1)c1ccccc1.[Br-]. The number of benzene rings is 3. The molecule has 28 heavy (non-hydrogen) atoms. The Balaban J connectivity index is 0.00000280. The molecule has 0 fully saturated rings. The number of carbonyl (C=O) groups is 2. The van der Waals surface area contributed by atoms with Crippen molar-refractivity contribution in [3.8, 4) is 0 Å². The highest BCUT2D eigenvalue weighted by Gasteiger charge is 2.46. The lowest BCUT2D eigenvalue weighted by molar-refractivity contribution is -0.138. The maximum Gasteiger partial charge on any atom is 0.303 e. The van der Waals surface area contributed by atoms with Crippen LogP contribution in [0.3, 0.4) is 0 Å². The van der Waals surface area contributed by atoms with Gasteiger partial charge in [0.25, 0.3) is 0 Å². The van der Waals surface area contributed by atoms with Crippen LogP contribution in [0.5, 0.6) is 0 Å². The van der Waals surface area contributed by atoms with Gasteiger partial charge in [0.1, 0.15) is 29.3 Å². The van der Waals surface area contributed by atoms with E-state index in [1.807, 2.05) is 54.6 Å². The normalized spacial score (nSPS) is 10.7. The highest BCUT2D eigenvalue weighted by molar-refractivity contribution is 7.96. The molecule has 0 atom stereocenters. The molecule has 5 heteroatoms. The second-order valence-corrected chi connectivity index (χ2v) is 9.89. The molecule has 0 aliphatic rings. The van der Waals surface area contributed by atoms with Crippen molar-refractivity contribution in [3.63, 3.8) is 0 Å². The van der Waals surface area contributed by atoms with Crippen molar-refractivity contribution in [2.24, 2.45) is 0 Å². The molecule has 0 radical (unpaired) electrons. The second kappa shape index (κ2) is 10.3. The molecule has 0 unspecified atom stereocenters. The maximum atomic E-state index is 12.8. The number of hydrogen-bond acceptors (Lipinski definition) is 2. The monoisotopic (exact) mass is 456 g/mol. The molecular weight excluding hydrogens is 435 g/mol.